The van der Waals surface area contributed by atoms with Crippen LogP contribution in [0, 0.1) is 0 Å². The summed E-state index contributed by atoms with van der Waals surface area (Å²) in [7, 11) is 2.10. The average Bonchev–Trinajstić information content (AvgIpc) is 2.80. The minimum absolute atomic E-state index is 0.227. The molecule has 19 heavy (non-hydrogen) atoms. The molecular formula is C14H16BrClN2S. The van der Waals surface area contributed by atoms with Crippen LogP contribution in [-0.2, 0) is 6.54 Å². The number of nitrogens with zero attached hydrogens (tertiary/aromatic N) is 1. The van der Waals surface area contributed by atoms with Gasteiger partial charge in [-0.15, -0.1) is 11.3 Å². The predicted molar refractivity (Wildman–Crippen MR) is 86.7 cm³/mol. The van der Waals surface area contributed by atoms with E-state index < -0.39 is 0 Å². The van der Waals surface area contributed by atoms with Gasteiger partial charge in [-0.3, -0.25) is 4.90 Å². The number of rotatable bonds is 5. The van der Waals surface area contributed by atoms with Crippen LogP contribution in [0.5, 0.6) is 0 Å². The monoisotopic (exact) mass is 358 g/mol. The van der Waals surface area contributed by atoms with Crippen molar-refractivity contribution in [1.82, 2.24) is 4.90 Å². The summed E-state index contributed by atoms with van der Waals surface area (Å²) >= 11 is 11.2. The molecule has 0 aliphatic rings. The highest BCUT2D eigenvalue weighted by atomic mass is 79.9. The van der Waals surface area contributed by atoms with Gasteiger partial charge in [0.25, 0.3) is 0 Å². The van der Waals surface area contributed by atoms with E-state index in [0.717, 1.165) is 16.0 Å². The molecule has 0 saturated carbocycles. The molecule has 1 atom stereocenters. The van der Waals surface area contributed by atoms with Gasteiger partial charge in [-0.05, 0) is 52.1 Å². The standard InChI is InChI=1S/C14H16BrClN2S/c1-18(9-10-2-4-11(16)5-3-10)13(8-17)14-12(15)6-7-19-14/h2-7,13H,8-9,17H2,1H3. The van der Waals surface area contributed by atoms with Gasteiger partial charge in [-0.1, -0.05) is 23.7 Å². The average molecular weight is 360 g/mol. The third kappa shape index (κ3) is 3.80. The van der Waals surface area contributed by atoms with Gasteiger partial charge in [-0.25, -0.2) is 0 Å². The van der Waals surface area contributed by atoms with Crippen LogP contribution in [0.3, 0.4) is 0 Å². The smallest absolute Gasteiger partial charge is 0.0576 e. The second-order valence-corrected chi connectivity index (χ2v) is 6.66. The Kier molecular flexibility index (Phi) is 5.42. The molecule has 2 nitrogen and oxygen atoms in total. The van der Waals surface area contributed by atoms with Gasteiger partial charge in [0.15, 0.2) is 0 Å². The highest BCUT2D eigenvalue weighted by Gasteiger charge is 2.19. The van der Waals surface area contributed by atoms with Crippen LogP contribution in [0.15, 0.2) is 40.2 Å². The van der Waals surface area contributed by atoms with Gasteiger partial charge in [0, 0.05) is 27.5 Å². The molecule has 0 spiro atoms. The van der Waals surface area contributed by atoms with Crippen molar-refractivity contribution in [3.8, 4) is 0 Å². The Morgan fingerprint density at radius 1 is 1.32 bits per heavy atom. The van der Waals surface area contributed by atoms with Crippen molar-refractivity contribution in [3.05, 3.63) is 55.6 Å². The highest BCUT2D eigenvalue weighted by molar-refractivity contribution is 9.10. The lowest BCUT2D eigenvalue weighted by Crippen LogP contribution is -2.29. The Bertz CT molecular complexity index is 526. The van der Waals surface area contributed by atoms with Crippen molar-refractivity contribution >= 4 is 38.9 Å². The lowest BCUT2D eigenvalue weighted by atomic mass is 10.1. The zero-order valence-corrected chi connectivity index (χ0v) is 13.8. The zero-order valence-electron chi connectivity index (χ0n) is 10.6. The summed E-state index contributed by atoms with van der Waals surface area (Å²) in [6, 6.07) is 10.2. The molecule has 0 aliphatic carbocycles. The predicted octanol–water partition coefficient (Wildman–Crippen LogP) is 4.30. The van der Waals surface area contributed by atoms with Crippen LogP contribution >= 0.6 is 38.9 Å². The van der Waals surface area contributed by atoms with Crippen LogP contribution in [0.2, 0.25) is 5.02 Å². The van der Waals surface area contributed by atoms with Crippen LogP contribution in [0.4, 0.5) is 0 Å². The minimum Gasteiger partial charge on any atom is -0.329 e. The second-order valence-electron chi connectivity index (χ2n) is 4.43. The first-order valence-electron chi connectivity index (χ1n) is 5.99. The van der Waals surface area contributed by atoms with Crippen molar-refractivity contribution in [1.29, 1.82) is 0 Å². The molecule has 5 heteroatoms. The van der Waals surface area contributed by atoms with Gasteiger partial charge in [0.1, 0.15) is 0 Å². The van der Waals surface area contributed by atoms with Crippen molar-refractivity contribution in [2.45, 2.75) is 12.6 Å². The van der Waals surface area contributed by atoms with Crippen LogP contribution in [0.25, 0.3) is 0 Å². The van der Waals surface area contributed by atoms with E-state index in [-0.39, 0.29) is 6.04 Å². The lowest BCUT2D eigenvalue weighted by molar-refractivity contribution is 0.244. The van der Waals surface area contributed by atoms with E-state index in [9.17, 15) is 0 Å². The number of hydrogen-bond donors (Lipinski definition) is 1. The third-order valence-electron chi connectivity index (χ3n) is 3.05. The molecule has 0 saturated heterocycles. The first-order chi connectivity index (χ1) is 9.11. The van der Waals surface area contributed by atoms with Crippen molar-refractivity contribution < 1.29 is 0 Å². The van der Waals surface area contributed by atoms with E-state index in [0.29, 0.717) is 6.54 Å². The van der Waals surface area contributed by atoms with Crippen LogP contribution in [-0.4, -0.2) is 18.5 Å². The molecule has 2 N–H and O–H groups in total. The molecular weight excluding hydrogens is 344 g/mol. The topological polar surface area (TPSA) is 29.3 Å². The number of nitrogens with two attached hydrogens (primary N) is 1. The number of thiophene rings is 1. The molecule has 1 heterocycles. The maximum atomic E-state index is 5.93. The Morgan fingerprint density at radius 2 is 2.00 bits per heavy atom. The van der Waals surface area contributed by atoms with E-state index in [2.05, 4.69) is 51.5 Å². The molecule has 2 aromatic rings. The molecule has 1 aromatic heterocycles. The highest BCUT2D eigenvalue weighted by Crippen LogP contribution is 2.32. The van der Waals surface area contributed by atoms with Gasteiger partial charge in [-0.2, -0.15) is 0 Å². The van der Waals surface area contributed by atoms with Gasteiger partial charge in [0.05, 0.1) is 6.04 Å². The first-order valence-corrected chi connectivity index (χ1v) is 8.04. The largest absolute Gasteiger partial charge is 0.329 e. The molecule has 0 radical (unpaired) electrons. The number of benzene rings is 1. The number of hydrogen-bond acceptors (Lipinski definition) is 3. The summed E-state index contributed by atoms with van der Waals surface area (Å²) in [6.07, 6.45) is 0. The van der Waals surface area contributed by atoms with Crippen molar-refractivity contribution in [2.75, 3.05) is 13.6 Å². The maximum absolute atomic E-state index is 5.93. The molecule has 2 rings (SSSR count). The lowest BCUT2D eigenvalue weighted by Gasteiger charge is -2.26. The summed E-state index contributed by atoms with van der Waals surface area (Å²) < 4.78 is 1.14. The quantitative estimate of drug-likeness (QED) is 0.862. The molecule has 0 aliphatic heterocycles. The Labute approximate surface area is 131 Å². The second kappa shape index (κ2) is 6.86. The van der Waals surface area contributed by atoms with E-state index in [1.807, 2.05) is 12.1 Å². The fraction of sp³-hybridized carbons (Fsp3) is 0.286. The Hall–Kier alpha value is -0.390. The van der Waals surface area contributed by atoms with Gasteiger partial charge in [0.2, 0.25) is 0 Å². The normalized spacial score (nSPS) is 12.9. The van der Waals surface area contributed by atoms with E-state index >= 15 is 0 Å². The number of likely N-dealkylation sites (N-methyl/N-ethyl adjacent to an activating group) is 1. The summed E-state index contributed by atoms with van der Waals surface area (Å²) in [4.78, 5) is 3.54. The summed E-state index contributed by atoms with van der Waals surface area (Å²) in [5, 5.41) is 2.85. The summed E-state index contributed by atoms with van der Waals surface area (Å²) in [5.74, 6) is 0. The molecule has 102 valence electrons. The van der Waals surface area contributed by atoms with Crippen LogP contribution in [0.1, 0.15) is 16.5 Å². The van der Waals surface area contributed by atoms with Crippen LogP contribution < -0.4 is 5.73 Å². The molecule has 0 amide bonds. The fourth-order valence-electron chi connectivity index (χ4n) is 2.02. The molecule has 1 unspecified atom stereocenters. The van der Waals surface area contributed by atoms with Gasteiger partial charge < -0.3 is 5.73 Å². The molecule has 1 aromatic carbocycles. The molecule has 0 fully saturated rings. The van der Waals surface area contributed by atoms with E-state index in [1.54, 1.807) is 11.3 Å². The summed E-state index contributed by atoms with van der Waals surface area (Å²) in [5.41, 5.74) is 7.17. The maximum Gasteiger partial charge on any atom is 0.0576 e. The SMILES string of the molecule is CN(Cc1ccc(Cl)cc1)C(CN)c1sccc1Br. The zero-order chi connectivity index (χ0) is 13.8. The Morgan fingerprint density at radius 3 is 2.53 bits per heavy atom. The van der Waals surface area contributed by atoms with Crippen molar-refractivity contribution in [3.63, 3.8) is 0 Å². The first kappa shape index (κ1) is 15.0. The van der Waals surface area contributed by atoms with Gasteiger partial charge >= 0.3 is 0 Å². The Balaban J connectivity index is 2.11. The van der Waals surface area contributed by atoms with E-state index in [1.165, 1.54) is 10.4 Å². The summed E-state index contributed by atoms with van der Waals surface area (Å²) in [6.45, 7) is 1.45. The molecule has 0 bridgehead atoms. The minimum atomic E-state index is 0.227. The fourth-order valence-corrected chi connectivity index (χ4v) is 3.96. The third-order valence-corrected chi connectivity index (χ3v) is 5.27. The van der Waals surface area contributed by atoms with Crippen molar-refractivity contribution in [2.24, 2.45) is 5.73 Å². The van der Waals surface area contributed by atoms with E-state index in [4.69, 9.17) is 17.3 Å². The number of halogens is 2.